The second-order valence-electron chi connectivity index (χ2n) is 6.45. The molecule has 0 saturated carbocycles. The maximum absolute atomic E-state index is 6.14. The molecule has 2 aromatic carbocycles. The number of aromatic nitrogens is 4. The van der Waals surface area contributed by atoms with Crippen molar-refractivity contribution >= 4 is 34.1 Å². The first-order chi connectivity index (χ1) is 13.5. The number of aryl methyl sites for hydroxylation is 2. The molecule has 0 radical (unpaired) electrons. The van der Waals surface area contributed by atoms with E-state index < -0.39 is 0 Å². The number of nitrogens with one attached hydrogen (secondary N) is 1. The van der Waals surface area contributed by atoms with Gasteiger partial charge < -0.3 is 10.1 Å². The summed E-state index contributed by atoms with van der Waals surface area (Å²) in [6.45, 7) is 6.54. The Hall–Kier alpha value is -3.12. The maximum Gasteiger partial charge on any atom is 0.197 e. The van der Waals surface area contributed by atoms with E-state index in [-0.39, 0.29) is 0 Å². The van der Waals surface area contributed by atoms with Gasteiger partial charge in [0.05, 0.1) is 23.3 Å². The first-order valence-electron chi connectivity index (χ1n) is 9.04. The fourth-order valence-electron chi connectivity index (χ4n) is 3.03. The van der Waals surface area contributed by atoms with Gasteiger partial charge in [-0.2, -0.15) is 5.10 Å². The minimum atomic E-state index is 0.616. The minimum Gasteiger partial charge on any atom is -0.494 e. The molecule has 1 N–H and O–H groups in total. The normalized spacial score (nSPS) is 11.0. The van der Waals surface area contributed by atoms with Crippen LogP contribution in [0.5, 0.6) is 5.75 Å². The number of halogens is 1. The van der Waals surface area contributed by atoms with Gasteiger partial charge in [-0.15, -0.1) is 0 Å². The van der Waals surface area contributed by atoms with Crippen molar-refractivity contribution in [3.8, 4) is 11.6 Å². The van der Waals surface area contributed by atoms with E-state index >= 15 is 0 Å². The average Bonchev–Trinajstić information content (AvgIpc) is 3.01. The summed E-state index contributed by atoms with van der Waals surface area (Å²) in [4.78, 5) is 9.56. The minimum absolute atomic E-state index is 0.616. The lowest BCUT2D eigenvalue weighted by atomic mass is 10.3. The third-order valence-electron chi connectivity index (χ3n) is 4.25. The topological polar surface area (TPSA) is 64.9 Å². The van der Waals surface area contributed by atoms with E-state index in [0.29, 0.717) is 28.8 Å². The molecule has 7 heteroatoms. The molecule has 0 fully saturated rings. The van der Waals surface area contributed by atoms with Crippen molar-refractivity contribution in [2.75, 3.05) is 11.9 Å². The maximum atomic E-state index is 6.14. The predicted molar refractivity (Wildman–Crippen MR) is 112 cm³/mol. The summed E-state index contributed by atoms with van der Waals surface area (Å²) in [6, 6.07) is 15.2. The Kier molecular flexibility index (Phi) is 4.88. The molecule has 0 atom stereocenters. The zero-order valence-corrected chi connectivity index (χ0v) is 16.7. The number of hydrogen-bond acceptors (Lipinski definition) is 5. The molecule has 0 amide bonds. The van der Waals surface area contributed by atoms with Crippen LogP contribution in [-0.4, -0.2) is 26.4 Å². The molecule has 0 saturated heterocycles. The van der Waals surface area contributed by atoms with Gasteiger partial charge in [0.25, 0.3) is 0 Å². The van der Waals surface area contributed by atoms with E-state index in [0.717, 1.165) is 28.3 Å². The fraction of sp³-hybridized carbons (Fsp3) is 0.190. The third-order valence-corrected chi connectivity index (χ3v) is 4.48. The summed E-state index contributed by atoms with van der Waals surface area (Å²) in [5, 5.41) is 8.55. The standard InChI is InChI=1S/C21H20ClN5O/c1-4-28-17-8-6-16(7-9-17)23-20-21(27-14(3)11-13(2)26-27)25-19-12-15(22)5-10-18(19)24-20/h5-12H,4H2,1-3H3,(H,23,24). The lowest BCUT2D eigenvalue weighted by Crippen LogP contribution is -2.08. The summed E-state index contributed by atoms with van der Waals surface area (Å²) in [5.41, 5.74) is 4.24. The SMILES string of the molecule is CCOc1ccc(Nc2nc3ccc(Cl)cc3nc2-n2nc(C)cc2C)cc1. The third kappa shape index (κ3) is 3.64. The smallest absolute Gasteiger partial charge is 0.197 e. The monoisotopic (exact) mass is 393 g/mol. The molecule has 0 aliphatic heterocycles. The summed E-state index contributed by atoms with van der Waals surface area (Å²) < 4.78 is 7.30. The van der Waals surface area contributed by atoms with E-state index in [1.54, 1.807) is 10.7 Å². The lowest BCUT2D eigenvalue weighted by Gasteiger charge is -2.13. The lowest BCUT2D eigenvalue weighted by molar-refractivity contribution is 0.340. The number of ether oxygens (including phenoxy) is 1. The zero-order valence-electron chi connectivity index (χ0n) is 15.9. The van der Waals surface area contributed by atoms with Crippen molar-refractivity contribution in [1.82, 2.24) is 19.7 Å². The van der Waals surface area contributed by atoms with Gasteiger partial charge in [0.1, 0.15) is 5.75 Å². The van der Waals surface area contributed by atoms with Crippen LogP contribution in [0.3, 0.4) is 0 Å². The van der Waals surface area contributed by atoms with Crippen LogP contribution in [0.1, 0.15) is 18.3 Å². The summed E-state index contributed by atoms with van der Waals surface area (Å²) in [7, 11) is 0. The van der Waals surface area contributed by atoms with Crippen molar-refractivity contribution < 1.29 is 4.74 Å². The second-order valence-corrected chi connectivity index (χ2v) is 6.89. The van der Waals surface area contributed by atoms with Crippen LogP contribution < -0.4 is 10.1 Å². The van der Waals surface area contributed by atoms with Crippen molar-refractivity contribution in [2.24, 2.45) is 0 Å². The number of nitrogens with zero attached hydrogens (tertiary/aromatic N) is 4. The Bertz CT molecular complexity index is 1140. The van der Waals surface area contributed by atoms with Crippen LogP contribution >= 0.6 is 11.6 Å². The molecule has 0 spiro atoms. The van der Waals surface area contributed by atoms with Crippen LogP contribution in [-0.2, 0) is 0 Å². The van der Waals surface area contributed by atoms with Crippen molar-refractivity contribution in [1.29, 1.82) is 0 Å². The van der Waals surface area contributed by atoms with E-state index in [4.69, 9.17) is 26.3 Å². The molecule has 6 nitrogen and oxygen atoms in total. The number of hydrogen-bond donors (Lipinski definition) is 1. The van der Waals surface area contributed by atoms with E-state index in [1.165, 1.54) is 0 Å². The molecule has 0 bridgehead atoms. The molecule has 2 aromatic heterocycles. The van der Waals surface area contributed by atoms with Gasteiger partial charge in [-0.05, 0) is 69.3 Å². The van der Waals surface area contributed by atoms with Crippen LogP contribution in [0.25, 0.3) is 16.9 Å². The van der Waals surface area contributed by atoms with Gasteiger partial charge in [-0.25, -0.2) is 14.6 Å². The van der Waals surface area contributed by atoms with Gasteiger partial charge in [0.15, 0.2) is 11.6 Å². The van der Waals surface area contributed by atoms with E-state index in [9.17, 15) is 0 Å². The average molecular weight is 394 g/mol. The van der Waals surface area contributed by atoms with Crippen LogP contribution in [0.4, 0.5) is 11.5 Å². The number of anilines is 2. The first kappa shape index (κ1) is 18.3. The molecule has 0 unspecified atom stereocenters. The predicted octanol–water partition coefficient (Wildman–Crippen LogP) is 5.23. The Morgan fingerprint density at radius 3 is 2.46 bits per heavy atom. The van der Waals surface area contributed by atoms with Crippen molar-refractivity contribution in [3.05, 3.63) is 64.9 Å². The Balaban J connectivity index is 1.82. The molecule has 142 valence electrons. The van der Waals surface area contributed by atoms with Crippen molar-refractivity contribution in [3.63, 3.8) is 0 Å². The van der Waals surface area contributed by atoms with Gasteiger partial charge in [-0.1, -0.05) is 11.6 Å². The first-order valence-corrected chi connectivity index (χ1v) is 9.42. The van der Waals surface area contributed by atoms with Crippen LogP contribution in [0.15, 0.2) is 48.5 Å². The number of benzene rings is 2. The molecule has 4 aromatic rings. The largest absolute Gasteiger partial charge is 0.494 e. The Morgan fingerprint density at radius 1 is 1.00 bits per heavy atom. The molecule has 0 aliphatic carbocycles. The highest BCUT2D eigenvalue weighted by Gasteiger charge is 2.15. The quantitative estimate of drug-likeness (QED) is 0.503. The molecule has 2 heterocycles. The number of fused-ring (bicyclic) bond motifs is 1. The Labute approximate surface area is 168 Å². The van der Waals surface area contributed by atoms with Gasteiger partial charge in [-0.3, -0.25) is 0 Å². The zero-order chi connectivity index (χ0) is 19.7. The summed E-state index contributed by atoms with van der Waals surface area (Å²) in [5.74, 6) is 2.06. The summed E-state index contributed by atoms with van der Waals surface area (Å²) in [6.07, 6.45) is 0. The van der Waals surface area contributed by atoms with Crippen molar-refractivity contribution in [2.45, 2.75) is 20.8 Å². The molecule has 0 aliphatic rings. The van der Waals surface area contributed by atoms with Gasteiger partial charge in [0, 0.05) is 16.4 Å². The van der Waals surface area contributed by atoms with E-state index in [1.807, 2.05) is 63.2 Å². The van der Waals surface area contributed by atoms with E-state index in [2.05, 4.69) is 10.4 Å². The molecular formula is C21H20ClN5O. The van der Waals surface area contributed by atoms with Gasteiger partial charge >= 0.3 is 0 Å². The van der Waals surface area contributed by atoms with Crippen LogP contribution in [0, 0.1) is 13.8 Å². The molecule has 4 rings (SSSR count). The molecule has 28 heavy (non-hydrogen) atoms. The highest BCUT2D eigenvalue weighted by molar-refractivity contribution is 6.31. The van der Waals surface area contributed by atoms with Gasteiger partial charge in [0.2, 0.25) is 0 Å². The second kappa shape index (κ2) is 7.48. The highest BCUT2D eigenvalue weighted by Crippen LogP contribution is 2.27. The summed E-state index contributed by atoms with van der Waals surface area (Å²) >= 11 is 6.14. The fourth-order valence-corrected chi connectivity index (χ4v) is 3.20. The highest BCUT2D eigenvalue weighted by atomic mass is 35.5. The molecular weight excluding hydrogens is 374 g/mol. The van der Waals surface area contributed by atoms with Crippen LogP contribution in [0.2, 0.25) is 5.02 Å². The number of rotatable bonds is 5. The Morgan fingerprint density at radius 2 is 1.79 bits per heavy atom.